The highest BCUT2D eigenvalue weighted by Crippen LogP contribution is 2.16. The summed E-state index contributed by atoms with van der Waals surface area (Å²) in [5, 5.41) is 17.5. The molecule has 4 heteroatoms. The number of nitriles is 1. The summed E-state index contributed by atoms with van der Waals surface area (Å²) < 4.78 is 1.78. The highest BCUT2D eigenvalue weighted by atomic mass is 15.4. The Morgan fingerprint density at radius 1 is 0.957 bits per heavy atom. The first-order chi connectivity index (χ1) is 11.3. The molecular formula is C19H18N4. The summed E-state index contributed by atoms with van der Waals surface area (Å²) in [5.74, 6) is 0. The molecule has 1 heterocycles. The minimum atomic E-state index is 0.403. The summed E-state index contributed by atoms with van der Waals surface area (Å²) in [6.07, 6.45) is 2.59. The third-order valence-electron chi connectivity index (χ3n) is 3.95. The van der Waals surface area contributed by atoms with E-state index in [1.54, 1.807) is 4.68 Å². The van der Waals surface area contributed by atoms with Gasteiger partial charge in [0.05, 0.1) is 11.4 Å². The maximum Gasteiger partial charge on any atom is 0.186 e. The molecule has 4 nitrogen and oxygen atoms in total. The molecule has 0 amide bonds. The van der Waals surface area contributed by atoms with Crippen molar-refractivity contribution in [1.29, 1.82) is 5.26 Å². The van der Waals surface area contributed by atoms with Crippen LogP contribution in [0.3, 0.4) is 0 Å². The van der Waals surface area contributed by atoms with Gasteiger partial charge in [-0.2, -0.15) is 5.26 Å². The van der Waals surface area contributed by atoms with E-state index in [9.17, 15) is 5.26 Å². The number of aromatic nitrogens is 3. The van der Waals surface area contributed by atoms with Crippen LogP contribution in [0.25, 0.3) is 5.69 Å². The molecule has 1 aromatic heterocycles. The summed E-state index contributed by atoms with van der Waals surface area (Å²) in [4.78, 5) is 0. The van der Waals surface area contributed by atoms with Crippen molar-refractivity contribution >= 4 is 0 Å². The van der Waals surface area contributed by atoms with Crippen molar-refractivity contribution in [2.75, 3.05) is 0 Å². The van der Waals surface area contributed by atoms with Gasteiger partial charge in [0.1, 0.15) is 6.07 Å². The van der Waals surface area contributed by atoms with E-state index in [1.165, 1.54) is 11.1 Å². The Bertz CT molecular complexity index is 811. The molecule has 0 saturated carbocycles. The van der Waals surface area contributed by atoms with Gasteiger partial charge in [0.25, 0.3) is 0 Å². The van der Waals surface area contributed by atoms with Gasteiger partial charge in [0.2, 0.25) is 0 Å². The Hall–Kier alpha value is -2.93. The number of benzene rings is 2. The lowest BCUT2D eigenvalue weighted by atomic mass is 10.1. The molecule has 0 atom stereocenters. The highest BCUT2D eigenvalue weighted by molar-refractivity contribution is 5.38. The van der Waals surface area contributed by atoms with Crippen molar-refractivity contribution in [3.05, 3.63) is 77.1 Å². The fraction of sp³-hybridized carbons (Fsp3) is 0.211. The van der Waals surface area contributed by atoms with Crippen LogP contribution in [0.4, 0.5) is 0 Å². The minimum absolute atomic E-state index is 0.403. The predicted molar refractivity (Wildman–Crippen MR) is 89.3 cm³/mol. The fourth-order valence-corrected chi connectivity index (χ4v) is 2.60. The third-order valence-corrected chi connectivity index (χ3v) is 3.95. The van der Waals surface area contributed by atoms with Crippen molar-refractivity contribution in [3.8, 4) is 11.8 Å². The second-order valence-corrected chi connectivity index (χ2v) is 5.41. The maximum atomic E-state index is 9.29. The molecular weight excluding hydrogens is 284 g/mol. The van der Waals surface area contributed by atoms with Gasteiger partial charge >= 0.3 is 0 Å². The summed E-state index contributed by atoms with van der Waals surface area (Å²) in [6.45, 7) is 2.13. The molecule has 0 bridgehead atoms. The van der Waals surface area contributed by atoms with Crippen LogP contribution in [-0.2, 0) is 19.3 Å². The van der Waals surface area contributed by atoms with Gasteiger partial charge in [-0.05, 0) is 42.5 Å². The van der Waals surface area contributed by atoms with E-state index in [-0.39, 0.29) is 0 Å². The second kappa shape index (κ2) is 6.89. The average molecular weight is 302 g/mol. The molecule has 0 unspecified atom stereocenters. The monoisotopic (exact) mass is 302 g/mol. The fourth-order valence-electron chi connectivity index (χ4n) is 2.60. The van der Waals surface area contributed by atoms with Crippen LogP contribution < -0.4 is 0 Å². The van der Waals surface area contributed by atoms with Crippen molar-refractivity contribution in [3.63, 3.8) is 0 Å². The van der Waals surface area contributed by atoms with Crippen LogP contribution >= 0.6 is 0 Å². The first-order valence-corrected chi connectivity index (χ1v) is 7.79. The SMILES string of the molecule is CCc1ccc(-n2nnc(C#N)c2CCc2ccccc2)cc1. The van der Waals surface area contributed by atoms with Crippen molar-refractivity contribution in [1.82, 2.24) is 15.0 Å². The molecule has 0 aliphatic rings. The Labute approximate surface area is 136 Å². The molecule has 0 fully saturated rings. The maximum absolute atomic E-state index is 9.29. The number of hydrogen-bond acceptors (Lipinski definition) is 3. The van der Waals surface area contributed by atoms with Gasteiger partial charge in [-0.3, -0.25) is 0 Å². The molecule has 0 aliphatic heterocycles. The average Bonchev–Trinajstić information content (AvgIpc) is 3.04. The van der Waals surface area contributed by atoms with Crippen LogP contribution in [0.5, 0.6) is 0 Å². The van der Waals surface area contributed by atoms with Gasteiger partial charge in [-0.1, -0.05) is 54.6 Å². The van der Waals surface area contributed by atoms with Crippen molar-refractivity contribution in [2.24, 2.45) is 0 Å². The third kappa shape index (κ3) is 3.29. The Morgan fingerprint density at radius 2 is 1.70 bits per heavy atom. The summed E-state index contributed by atoms with van der Waals surface area (Å²) in [7, 11) is 0. The largest absolute Gasteiger partial charge is 0.216 e. The highest BCUT2D eigenvalue weighted by Gasteiger charge is 2.14. The lowest BCUT2D eigenvalue weighted by Gasteiger charge is -2.07. The van der Waals surface area contributed by atoms with E-state index in [1.807, 2.05) is 30.3 Å². The first-order valence-electron chi connectivity index (χ1n) is 7.79. The lowest BCUT2D eigenvalue weighted by molar-refractivity contribution is 0.751. The number of hydrogen-bond donors (Lipinski definition) is 0. The van der Waals surface area contributed by atoms with Crippen LogP contribution in [0.15, 0.2) is 54.6 Å². The lowest BCUT2D eigenvalue weighted by Crippen LogP contribution is -2.05. The molecule has 2 aromatic carbocycles. The quantitative estimate of drug-likeness (QED) is 0.725. The standard InChI is InChI=1S/C19H18N4/c1-2-15-8-11-17(12-9-15)23-19(18(14-20)21-22-23)13-10-16-6-4-3-5-7-16/h3-9,11-12H,2,10,13H2,1H3. The zero-order chi connectivity index (χ0) is 16.1. The Balaban J connectivity index is 1.89. The smallest absolute Gasteiger partial charge is 0.186 e. The number of aryl methyl sites for hydroxylation is 2. The van der Waals surface area contributed by atoms with Gasteiger partial charge in [-0.15, -0.1) is 5.10 Å². The number of rotatable bonds is 5. The van der Waals surface area contributed by atoms with Gasteiger partial charge in [-0.25, -0.2) is 4.68 Å². The van der Waals surface area contributed by atoms with Crippen LogP contribution in [-0.4, -0.2) is 15.0 Å². The van der Waals surface area contributed by atoms with Crippen LogP contribution in [0.2, 0.25) is 0 Å². The van der Waals surface area contributed by atoms with E-state index in [0.717, 1.165) is 30.6 Å². The van der Waals surface area contributed by atoms with Crippen molar-refractivity contribution < 1.29 is 0 Å². The van der Waals surface area contributed by atoms with Crippen molar-refractivity contribution in [2.45, 2.75) is 26.2 Å². The molecule has 23 heavy (non-hydrogen) atoms. The number of nitrogens with zero attached hydrogens (tertiary/aromatic N) is 4. The molecule has 0 spiro atoms. The normalized spacial score (nSPS) is 10.4. The molecule has 0 N–H and O–H groups in total. The van der Waals surface area contributed by atoms with Gasteiger partial charge in [0, 0.05) is 0 Å². The minimum Gasteiger partial charge on any atom is -0.216 e. The summed E-state index contributed by atoms with van der Waals surface area (Å²) >= 11 is 0. The van der Waals surface area contributed by atoms with Gasteiger partial charge < -0.3 is 0 Å². The second-order valence-electron chi connectivity index (χ2n) is 5.41. The van der Waals surface area contributed by atoms with E-state index in [0.29, 0.717) is 5.69 Å². The Morgan fingerprint density at radius 3 is 2.35 bits per heavy atom. The van der Waals surface area contributed by atoms with E-state index in [4.69, 9.17) is 0 Å². The molecule has 3 rings (SSSR count). The van der Waals surface area contributed by atoms with Gasteiger partial charge in [0.15, 0.2) is 5.69 Å². The zero-order valence-corrected chi connectivity index (χ0v) is 13.1. The zero-order valence-electron chi connectivity index (χ0n) is 13.1. The van der Waals surface area contributed by atoms with Crippen LogP contribution in [0, 0.1) is 11.3 Å². The summed E-state index contributed by atoms with van der Waals surface area (Å²) in [5.41, 5.74) is 4.73. The summed E-state index contributed by atoms with van der Waals surface area (Å²) in [6, 6.07) is 20.6. The Kier molecular flexibility index (Phi) is 4.49. The molecule has 0 radical (unpaired) electrons. The molecule has 0 aliphatic carbocycles. The molecule has 0 saturated heterocycles. The molecule has 3 aromatic rings. The topological polar surface area (TPSA) is 54.5 Å². The predicted octanol–water partition coefficient (Wildman–Crippen LogP) is 3.49. The van der Waals surface area contributed by atoms with E-state index >= 15 is 0 Å². The van der Waals surface area contributed by atoms with Crippen LogP contribution in [0.1, 0.15) is 29.4 Å². The van der Waals surface area contributed by atoms with E-state index in [2.05, 4.69) is 47.6 Å². The first kappa shape index (κ1) is 15.0. The van der Waals surface area contributed by atoms with E-state index < -0.39 is 0 Å². The molecule has 114 valence electrons.